The number of carbonyl (C=O) groups excluding carboxylic acids is 1. The molecule has 1 amide bonds. The zero-order valence-corrected chi connectivity index (χ0v) is 8.50. The molecular formula is C10H16N2O. The van der Waals surface area contributed by atoms with Crippen LogP contribution in [-0.4, -0.2) is 23.4 Å². The summed E-state index contributed by atoms with van der Waals surface area (Å²) < 4.78 is 0. The lowest BCUT2D eigenvalue weighted by Crippen LogP contribution is -2.41. The molecular weight excluding hydrogens is 164 g/mol. The predicted molar refractivity (Wildman–Crippen MR) is 49.8 cm³/mol. The fraction of sp³-hybridized carbons (Fsp3) is 0.800. The van der Waals surface area contributed by atoms with Gasteiger partial charge in [0.2, 0.25) is 5.91 Å². The summed E-state index contributed by atoms with van der Waals surface area (Å²) in [5.41, 5.74) is -0.362. The maximum Gasteiger partial charge on any atom is 0.229 e. The zero-order valence-electron chi connectivity index (χ0n) is 8.50. The van der Waals surface area contributed by atoms with Gasteiger partial charge in [-0.3, -0.25) is 4.79 Å². The second kappa shape index (κ2) is 3.37. The standard InChI is InChI=1S/C10H16N2O/c1-10(2,3)9(13)12-6-4-5-8(12)7-11/h8H,4-6H2,1-3H3/t8-/m0/s1. The molecule has 1 aliphatic heterocycles. The summed E-state index contributed by atoms with van der Waals surface area (Å²) in [6, 6.07) is 1.98. The monoisotopic (exact) mass is 180 g/mol. The third-order valence-electron chi connectivity index (χ3n) is 2.30. The van der Waals surface area contributed by atoms with Crippen LogP contribution in [-0.2, 0) is 4.79 Å². The van der Waals surface area contributed by atoms with Crippen molar-refractivity contribution in [1.82, 2.24) is 4.90 Å². The Morgan fingerprint density at radius 2 is 2.15 bits per heavy atom. The third-order valence-corrected chi connectivity index (χ3v) is 2.30. The molecule has 1 atom stereocenters. The van der Waals surface area contributed by atoms with E-state index in [-0.39, 0.29) is 17.4 Å². The summed E-state index contributed by atoms with van der Waals surface area (Å²) in [6.45, 7) is 6.42. The van der Waals surface area contributed by atoms with Crippen LogP contribution in [0.25, 0.3) is 0 Å². The summed E-state index contributed by atoms with van der Waals surface area (Å²) in [5.74, 6) is 0.0940. The molecule has 0 spiro atoms. The van der Waals surface area contributed by atoms with Gasteiger partial charge in [-0.25, -0.2) is 0 Å². The minimum absolute atomic E-state index is 0.0940. The van der Waals surface area contributed by atoms with Gasteiger partial charge in [0.15, 0.2) is 0 Å². The third kappa shape index (κ3) is 2.00. The average Bonchev–Trinajstić information content (AvgIpc) is 2.48. The van der Waals surface area contributed by atoms with Crippen LogP contribution in [0.5, 0.6) is 0 Å². The van der Waals surface area contributed by atoms with E-state index in [9.17, 15) is 4.79 Å². The minimum atomic E-state index is -0.362. The Morgan fingerprint density at radius 1 is 1.54 bits per heavy atom. The second-order valence-corrected chi connectivity index (χ2v) is 4.54. The van der Waals surface area contributed by atoms with Crippen molar-refractivity contribution in [1.29, 1.82) is 5.26 Å². The number of likely N-dealkylation sites (tertiary alicyclic amines) is 1. The van der Waals surface area contributed by atoms with Crippen molar-refractivity contribution >= 4 is 5.91 Å². The van der Waals surface area contributed by atoms with Crippen LogP contribution in [0, 0.1) is 16.7 Å². The number of hydrogen-bond donors (Lipinski definition) is 0. The molecule has 1 rings (SSSR count). The number of hydrogen-bond acceptors (Lipinski definition) is 2. The van der Waals surface area contributed by atoms with E-state index in [1.54, 1.807) is 4.90 Å². The van der Waals surface area contributed by atoms with Crippen molar-refractivity contribution in [3.8, 4) is 6.07 Å². The van der Waals surface area contributed by atoms with Gasteiger partial charge in [-0.05, 0) is 12.8 Å². The summed E-state index contributed by atoms with van der Waals surface area (Å²) in [4.78, 5) is 13.5. The van der Waals surface area contributed by atoms with Crippen molar-refractivity contribution in [2.45, 2.75) is 39.7 Å². The first-order chi connectivity index (χ1) is 5.96. The highest BCUT2D eigenvalue weighted by Gasteiger charge is 2.34. The van der Waals surface area contributed by atoms with Crippen molar-refractivity contribution in [3.05, 3.63) is 0 Å². The Bertz CT molecular complexity index is 247. The molecule has 0 unspecified atom stereocenters. The van der Waals surface area contributed by atoms with E-state index in [0.29, 0.717) is 0 Å². The second-order valence-electron chi connectivity index (χ2n) is 4.54. The van der Waals surface area contributed by atoms with Gasteiger partial charge in [-0.2, -0.15) is 5.26 Å². The van der Waals surface area contributed by atoms with E-state index in [0.717, 1.165) is 19.4 Å². The molecule has 0 aromatic heterocycles. The summed E-state index contributed by atoms with van der Waals surface area (Å²) in [7, 11) is 0. The SMILES string of the molecule is CC(C)(C)C(=O)N1CCC[C@H]1C#N. The Hall–Kier alpha value is -1.04. The number of carbonyl (C=O) groups is 1. The fourth-order valence-corrected chi connectivity index (χ4v) is 1.57. The van der Waals surface area contributed by atoms with Gasteiger partial charge < -0.3 is 4.90 Å². The molecule has 0 aromatic carbocycles. The van der Waals surface area contributed by atoms with Gasteiger partial charge in [0.25, 0.3) is 0 Å². The highest BCUT2D eigenvalue weighted by Crippen LogP contribution is 2.24. The number of nitrogens with zero attached hydrogens (tertiary/aromatic N) is 2. The molecule has 0 radical (unpaired) electrons. The smallest absolute Gasteiger partial charge is 0.229 e. The molecule has 0 N–H and O–H groups in total. The molecule has 72 valence electrons. The van der Waals surface area contributed by atoms with E-state index in [2.05, 4.69) is 6.07 Å². The first-order valence-electron chi connectivity index (χ1n) is 4.67. The maximum absolute atomic E-state index is 11.8. The van der Waals surface area contributed by atoms with E-state index < -0.39 is 0 Å². The van der Waals surface area contributed by atoms with Crippen LogP contribution in [0.1, 0.15) is 33.6 Å². The Labute approximate surface area is 79.3 Å². The zero-order chi connectivity index (χ0) is 10.1. The quantitative estimate of drug-likeness (QED) is 0.567. The van der Waals surface area contributed by atoms with Crippen LogP contribution in [0.4, 0.5) is 0 Å². The average molecular weight is 180 g/mol. The molecule has 3 heteroatoms. The largest absolute Gasteiger partial charge is 0.326 e. The van der Waals surface area contributed by atoms with Crippen LogP contribution in [0.3, 0.4) is 0 Å². The Kier molecular flexibility index (Phi) is 2.60. The summed E-state index contributed by atoms with van der Waals surface area (Å²) in [6.07, 6.45) is 1.79. The maximum atomic E-state index is 11.8. The first kappa shape index (κ1) is 10.0. The highest BCUT2D eigenvalue weighted by molar-refractivity contribution is 5.82. The molecule has 3 nitrogen and oxygen atoms in total. The van der Waals surface area contributed by atoms with Crippen molar-refractivity contribution < 1.29 is 4.79 Å². The van der Waals surface area contributed by atoms with E-state index >= 15 is 0 Å². The molecule has 1 heterocycles. The van der Waals surface area contributed by atoms with E-state index in [4.69, 9.17) is 5.26 Å². The van der Waals surface area contributed by atoms with Gasteiger partial charge in [0.05, 0.1) is 6.07 Å². The van der Waals surface area contributed by atoms with Gasteiger partial charge in [-0.1, -0.05) is 20.8 Å². The summed E-state index contributed by atoms with van der Waals surface area (Å²) in [5, 5.41) is 8.81. The first-order valence-corrected chi connectivity index (χ1v) is 4.67. The molecule has 1 aliphatic rings. The highest BCUT2D eigenvalue weighted by atomic mass is 16.2. The number of nitriles is 1. The van der Waals surface area contributed by atoms with E-state index in [1.165, 1.54) is 0 Å². The molecule has 1 fully saturated rings. The number of amides is 1. The van der Waals surface area contributed by atoms with Crippen LogP contribution < -0.4 is 0 Å². The Balaban J connectivity index is 2.73. The van der Waals surface area contributed by atoms with Crippen LogP contribution in [0.2, 0.25) is 0 Å². The molecule has 1 saturated heterocycles. The Morgan fingerprint density at radius 3 is 2.62 bits per heavy atom. The number of rotatable bonds is 0. The van der Waals surface area contributed by atoms with Gasteiger partial charge in [-0.15, -0.1) is 0 Å². The fourth-order valence-electron chi connectivity index (χ4n) is 1.57. The van der Waals surface area contributed by atoms with Crippen LogP contribution >= 0.6 is 0 Å². The molecule has 0 saturated carbocycles. The van der Waals surface area contributed by atoms with E-state index in [1.807, 2.05) is 20.8 Å². The van der Waals surface area contributed by atoms with Gasteiger partial charge >= 0.3 is 0 Å². The lowest BCUT2D eigenvalue weighted by molar-refractivity contribution is -0.139. The lowest BCUT2D eigenvalue weighted by Gasteiger charge is -2.27. The summed E-state index contributed by atoms with van der Waals surface area (Å²) >= 11 is 0. The van der Waals surface area contributed by atoms with Crippen molar-refractivity contribution in [2.75, 3.05) is 6.54 Å². The van der Waals surface area contributed by atoms with Gasteiger partial charge in [0, 0.05) is 12.0 Å². The normalized spacial score (nSPS) is 22.9. The van der Waals surface area contributed by atoms with Crippen LogP contribution in [0.15, 0.2) is 0 Å². The van der Waals surface area contributed by atoms with Gasteiger partial charge in [0.1, 0.15) is 6.04 Å². The van der Waals surface area contributed by atoms with Crippen molar-refractivity contribution in [2.24, 2.45) is 5.41 Å². The molecule has 0 aromatic rings. The molecule has 13 heavy (non-hydrogen) atoms. The topological polar surface area (TPSA) is 44.1 Å². The van der Waals surface area contributed by atoms with Crippen molar-refractivity contribution in [3.63, 3.8) is 0 Å². The lowest BCUT2D eigenvalue weighted by atomic mass is 9.94. The predicted octanol–water partition coefficient (Wildman–Crippen LogP) is 1.55. The molecule has 0 bridgehead atoms. The minimum Gasteiger partial charge on any atom is -0.326 e. The molecule has 0 aliphatic carbocycles.